The average molecular weight is 244 g/mol. The molecule has 1 amide bonds. The van der Waals surface area contributed by atoms with E-state index < -0.39 is 0 Å². The summed E-state index contributed by atoms with van der Waals surface area (Å²) >= 11 is 1.24. The monoisotopic (exact) mass is 244 g/mol. The van der Waals surface area contributed by atoms with Crippen LogP contribution in [0.25, 0.3) is 0 Å². The summed E-state index contributed by atoms with van der Waals surface area (Å²) in [6, 6.07) is 6.73. The molecule has 84 valence electrons. The van der Waals surface area contributed by atoms with Crippen molar-refractivity contribution >= 4 is 28.6 Å². The molecular weight excluding hydrogens is 236 g/mol. The van der Waals surface area contributed by atoms with E-state index in [-0.39, 0.29) is 5.91 Å². The number of nitrogens with two attached hydrogens (primary N) is 1. The Bertz CT molecular complexity index is 586. The molecule has 0 atom stereocenters. The molecule has 0 saturated carbocycles. The Balaban J connectivity index is 2.25. The number of aromatic nitrogens is 1. The summed E-state index contributed by atoms with van der Waals surface area (Å²) in [4.78, 5) is 16.1. The lowest BCUT2D eigenvalue weighted by Crippen LogP contribution is -2.11. The molecule has 0 fully saturated rings. The summed E-state index contributed by atoms with van der Waals surface area (Å²) in [5.74, 6) is -0.284. The Hall–Kier alpha value is -2.39. The van der Waals surface area contributed by atoms with Gasteiger partial charge in [-0.3, -0.25) is 9.78 Å². The molecule has 0 unspecified atom stereocenters. The van der Waals surface area contributed by atoms with Gasteiger partial charge in [0.25, 0.3) is 5.91 Å². The van der Waals surface area contributed by atoms with Crippen molar-refractivity contribution in [3.05, 3.63) is 40.3 Å². The molecule has 3 N–H and O–H groups in total. The number of carbonyl (C=O) groups is 1. The van der Waals surface area contributed by atoms with Crippen LogP contribution in [-0.4, -0.2) is 10.9 Å². The van der Waals surface area contributed by atoms with Crippen molar-refractivity contribution in [1.82, 2.24) is 4.98 Å². The second-order valence-corrected chi connectivity index (χ2v) is 4.12. The summed E-state index contributed by atoms with van der Waals surface area (Å²) in [7, 11) is 0. The van der Waals surface area contributed by atoms with Gasteiger partial charge in [-0.2, -0.15) is 5.26 Å². The molecule has 5 nitrogen and oxygen atoms in total. The summed E-state index contributed by atoms with van der Waals surface area (Å²) in [6.07, 6.45) is 1.48. The molecule has 0 bridgehead atoms. The van der Waals surface area contributed by atoms with E-state index in [1.807, 2.05) is 6.07 Å². The van der Waals surface area contributed by atoms with E-state index in [1.54, 1.807) is 17.6 Å². The molecular formula is C11H8N4OS. The molecule has 17 heavy (non-hydrogen) atoms. The third kappa shape index (κ3) is 2.41. The minimum Gasteiger partial charge on any atom is -0.399 e. The summed E-state index contributed by atoms with van der Waals surface area (Å²) in [5, 5.41) is 11.6. The Morgan fingerprint density at radius 3 is 3.00 bits per heavy atom. The molecule has 1 aromatic heterocycles. The fraction of sp³-hybridized carbons (Fsp3) is 0. The summed E-state index contributed by atoms with van der Waals surface area (Å²) < 4.78 is 0. The first-order valence-corrected chi connectivity index (χ1v) is 5.58. The van der Waals surface area contributed by atoms with Crippen molar-refractivity contribution < 1.29 is 4.79 Å². The van der Waals surface area contributed by atoms with Crippen LogP contribution in [0.15, 0.2) is 29.9 Å². The van der Waals surface area contributed by atoms with E-state index in [0.717, 1.165) is 0 Å². The molecule has 0 saturated heterocycles. The number of thiazole rings is 1. The highest BCUT2D eigenvalue weighted by molar-refractivity contribution is 7.11. The molecule has 2 rings (SSSR count). The van der Waals surface area contributed by atoms with Gasteiger partial charge in [-0.05, 0) is 18.2 Å². The minimum absolute atomic E-state index is 0.284. The normalized spacial score (nSPS) is 9.59. The smallest absolute Gasteiger partial charge is 0.267 e. The number of anilines is 2. The van der Waals surface area contributed by atoms with Crippen molar-refractivity contribution in [3.8, 4) is 6.07 Å². The van der Waals surface area contributed by atoms with Crippen LogP contribution < -0.4 is 11.1 Å². The molecule has 0 aliphatic heterocycles. The first kappa shape index (κ1) is 11.1. The number of rotatable bonds is 2. The van der Waals surface area contributed by atoms with Crippen LogP contribution in [0.1, 0.15) is 15.2 Å². The van der Waals surface area contributed by atoms with E-state index in [1.165, 1.54) is 23.6 Å². The van der Waals surface area contributed by atoms with Gasteiger partial charge < -0.3 is 11.1 Å². The zero-order valence-corrected chi connectivity index (χ0v) is 9.49. The van der Waals surface area contributed by atoms with Crippen LogP contribution in [0.5, 0.6) is 0 Å². The highest BCUT2D eigenvalue weighted by Gasteiger charge is 2.10. The first-order valence-electron chi connectivity index (χ1n) is 4.70. The summed E-state index contributed by atoms with van der Waals surface area (Å²) in [6.45, 7) is 0. The highest BCUT2D eigenvalue weighted by atomic mass is 32.1. The molecule has 6 heteroatoms. The van der Waals surface area contributed by atoms with Crippen LogP contribution in [0, 0.1) is 11.3 Å². The molecule has 1 heterocycles. The SMILES string of the molecule is N#Cc1cc(N)ccc1NC(=O)c1cncs1. The molecule has 0 spiro atoms. The fourth-order valence-corrected chi connectivity index (χ4v) is 1.79. The number of benzene rings is 1. The number of hydrogen-bond acceptors (Lipinski definition) is 5. The van der Waals surface area contributed by atoms with Gasteiger partial charge in [-0.15, -0.1) is 11.3 Å². The fourth-order valence-electron chi connectivity index (χ4n) is 1.28. The van der Waals surface area contributed by atoms with E-state index in [2.05, 4.69) is 10.3 Å². The average Bonchev–Trinajstić information content (AvgIpc) is 2.85. The van der Waals surface area contributed by atoms with Crippen molar-refractivity contribution in [2.45, 2.75) is 0 Å². The summed E-state index contributed by atoms with van der Waals surface area (Å²) in [5.41, 5.74) is 8.39. The van der Waals surface area contributed by atoms with Crippen molar-refractivity contribution in [2.24, 2.45) is 0 Å². The number of nitrogen functional groups attached to an aromatic ring is 1. The predicted octanol–water partition coefficient (Wildman–Crippen LogP) is 1.85. The molecule has 2 aromatic rings. The topological polar surface area (TPSA) is 91.8 Å². The van der Waals surface area contributed by atoms with Crippen LogP contribution in [0.3, 0.4) is 0 Å². The van der Waals surface area contributed by atoms with Gasteiger partial charge >= 0.3 is 0 Å². The van der Waals surface area contributed by atoms with E-state index in [0.29, 0.717) is 21.8 Å². The quantitative estimate of drug-likeness (QED) is 0.788. The van der Waals surface area contributed by atoms with Crippen molar-refractivity contribution in [1.29, 1.82) is 5.26 Å². The lowest BCUT2D eigenvalue weighted by Gasteiger charge is -2.05. The Morgan fingerprint density at radius 1 is 1.53 bits per heavy atom. The maximum absolute atomic E-state index is 11.7. The second-order valence-electron chi connectivity index (χ2n) is 3.24. The zero-order valence-electron chi connectivity index (χ0n) is 8.68. The minimum atomic E-state index is -0.284. The number of carbonyl (C=O) groups excluding carboxylic acids is 1. The Labute approximate surface area is 102 Å². The van der Waals surface area contributed by atoms with E-state index >= 15 is 0 Å². The third-order valence-electron chi connectivity index (χ3n) is 2.07. The maximum atomic E-state index is 11.7. The van der Waals surface area contributed by atoms with Crippen LogP contribution in [-0.2, 0) is 0 Å². The van der Waals surface area contributed by atoms with Crippen LogP contribution in [0.2, 0.25) is 0 Å². The van der Waals surface area contributed by atoms with Crippen molar-refractivity contribution in [2.75, 3.05) is 11.1 Å². The highest BCUT2D eigenvalue weighted by Crippen LogP contribution is 2.19. The maximum Gasteiger partial charge on any atom is 0.267 e. The second kappa shape index (κ2) is 4.63. The van der Waals surface area contributed by atoms with Gasteiger partial charge in [0.05, 0.1) is 23.0 Å². The largest absolute Gasteiger partial charge is 0.399 e. The van der Waals surface area contributed by atoms with Crippen LogP contribution >= 0.6 is 11.3 Å². The van der Waals surface area contributed by atoms with Crippen molar-refractivity contribution in [3.63, 3.8) is 0 Å². The lowest BCUT2D eigenvalue weighted by molar-refractivity contribution is 0.103. The first-order chi connectivity index (χ1) is 8.20. The molecule has 0 aliphatic carbocycles. The molecule has 1 aromatic carbocycles. The predicted molar refractivity (Wildman–Crippen MR) is 65.6 cm³/mol. The van der Waals surface area contributed by atoms with Gasteiger partial charge in [0.1, 0.15) is 10.9 Å². The number of nitriles is 1. The number of nitrogens with one attached hydrogen (secondary N) is 1. The van der Waals surface area contributed by atoms with E-state index in [4.69, 9.17) is 11.0 Å². The number of hydrogen-bond donors (Lipinski definition) is 2. The van der Waals surface area contributed by atoms with Gasteiger partial charge in [0.2, 0.25) is 0 Å². The van der Waals surface area contributed by atoms with Gasteiger partial charge in [0.15, 0.2) is 0 Å². The van der Waals surface area contributed by atoms with Gasteiger partial charge in [0, 0.05) is 5.69 Å². The van der Waals surface area contributed by atoms with Gasteiger partial charge in [-0.1, -0.05) is 0 Å². The molecule has 0 aliphatic rings. The Kier molecular flexibility index (Phi) is 3.03. The Morgan fingerprint density at radius 2 is 2.35 bits per heavy atom. The standard InChI is InChI=1S/C11H8N4OS/c12-4-7-3-8(13)1-2-9(7)15-11(16)10-5-14-6-17-10/h1-3,5-6H,13H2,(H,15,16). The lowest BCUT2D eigenvalue weighted by atomic mass is 10.1. The number of nitrogens with zero attached hydrogens (tertiary/aromatic N) is 2. The van der Waals surface area contributed by atoms with E-state index in [9.17, 15) is 4.79 Å². The number of amides is 1. The third-order valence-corrected chi connectivity index (χ3v) is 2.84. The van der Waals surface area contributed by atoms with Gasteiger partial charge in [-0.25, -0.2) is 0 Å². The molecule has 0 radical (unpaired) electrons. The zero-order chi connectivity index (χ0) is 12.3. The van der Waals surface area contributed by atoms with Crippen LogP contribution in [0.4, 0.5) is 11.4 Å².